The van der Waals surface area contributed by atoms with Crippen molar-refractivity contribution in [2.24, 2.45) is 0 Å². The van der Waals surface area contributed by atoms with Gasteiger partial charge in [0, 0.05) is 30.3 Å². The molecular weight excluding hydrogens is 396 g/mol. The summed E-state index contributed by atoms with van der Waals surface area (Å²) in [6.07, 6.45) is 3.35. The first-order chi connectivity index (χ1) is 14.3. The summed E-state index contributed by atoms with van der Waals surface area (Å²) in [5.41, 5.74) is 1.59. The Kier molecular flexibility index (Phi) is 5.85. The van der Waals surface area contributed by atoms with Gasteiger partial charge in [-0.25, -0.2) is 9.97 Å². The van der Waals surface area contributed by atoms with Crippen molar-refractivity contribution < 1.29 is 19.1 Å². The van der Waals surface area contributed by atoms with Gasteiger partial charge >= 0.3 is 12.0 Å². The van der Waals surface area contributed by atoms with E-state index < -0.39 is 11.6 Å². The molecule has 0 fully saturated rings. The number of carbonyl (C=O) groups is 2. The quantitative estimate of drug-likeness (QED) is 0.447. The second-order valence-electron chi connectivity index (χ2n) is 9.35. The molecule has 0 aliphatic heterocycles. The van der Waals surface area contributed by atoms with Crippen molar-refractivity contribution in [1.82, 2.24) is 19.7 Å². The molecule has 0 N–H and O–H groups in total. The van der Waals surface area contributed by atoms with Crippen LogP contribution in [0.1, 0.15) is 59.0 Å². The number of fused-ring (bicyclic) bond motifs is 1. The second kappa shape index (κ2) is 8.09. The topological polar surface area (TPSA) is 96.2 Å². The van der Waals surface area contributed by atoms with Gasteiger partial charge in [-0.15, -0.1) is 0 Å². The molecule has 8 nitrogen and oxygen atoms in total. The Hall–Kier alpha value is -3.29. The summed E-state index contributed by atoms with van der Waals surface area (Å²) in [6, 6.07) is 5.86. The minimum atomic E-state index is -0.598. The van der Waals surface area contributed by atoms with Crippen LogP contribution in [-0.4, -0.2) is 42.7 Å². The van der Waals surface area contributed by atoms with Crippen LogP contribution in [0.5, 0.6) is 6.01 Å². The van der Waals surface area contributed by atoms with E-state index >= 15 is 0 Å². The molecule has 31 heavy (non-hydrogen) atoms. The molecule has 2 heterocycles. The van der Waals surface area contributed by atoms with Crippen LogP contribution < -0.4 is 4.74 Å². The van der Waals surface area contributed by atoms with Gasteiger partial charge in [0.05, 0.1) is 5.52 Å². The Morgan fingerprint density at radius 3 is 2.16 bits per heavy atom. The van der Waals surface area contributed by atoms with Gasteiger partial charge in [-0.05, 0) is 59.2 Å². The number of benzene rings is 1. The number of rotatable bonds is 5. The van der Waals surface area contributed by atoms with Crippen molar-refractivity contribution in [3.8, 4) is 17.1 Å². The zero-order valence-corrected chi connectivity index (χ0v) is 19.0. The molecule has 0 aliphatic rings. The summed E-state index contributed by atoms with van der Waals surface area (Å²) < 4.78 is 12.6. The maximum Gasteiger partial charge on any atom is 0.328 e. The van der Waals surface area contributed by atoms with Crippen LogP contribution in [0.2, 0.25) is 0 Å². The number of hydrogen-bond acceptors (Lipinski definition) is 7. The van der Waals surface area contributed by atoms with Crippen molar-refractivity contribution >= 4 is 22.7 Å². The first-order valence-electron chi connectivity index (χ1n) is 10.1. The van der Waals surface area contributed by atoms with Crippen LogP contribution in [0.25, 0.3) is 22.0 Å². The van der Waals surface area contributed by atoms with Crippen LogP contribution in [0.15, 0.2) is 30.6 Å². The summed E-state index contributed by atoms with van der Waals surface area (Å²) in [5.74, 6) is -0.603. The summed E-state index contributed by atoms with van der Waals surface area (Å²) in [5, 5.41) is 5.02. The van der Waals surface area contributed by atoms with Crippen molar-refractivity contribution in [2.75, 3.05) is 0 Å². The SMILES string of the molecule is CC(=O)c1nn(CC(=O)OC(C)(C)C)c2ccc(-c3cnc(OC(C)(C)C)nc3)cc12. The molecular formula is C23H28N4O4. The van der Waals surface area contributed by atoms with Crippen LogP contribution in [0.3, 0.4) is 0 Å². The predicted molar refractivity (Wildman–Crippen MR) is 117 cm³/mol. The average Bonchev–Trinajstić information content (AvgIpc) is 2.97. The fourth-order valence-corrected chi connectivity index (χ4v) is 3.03. The summed E-state index contributed by atoms with van der Waals surface area (Å²) >= 11 is 0. The molecule has 8 heteroatoms. The van der Waals surface area contributed by atoms with Gasteiger partial charge in [-0.3, -0.25) is 14.3 Å². The van der Waals surface area contributed by atoms with E-state index in [4.69, 9.17) is 9.47 Å². The van der Waals surface area contributed by atoms with Crippen LogP contribution in [0, 0.1) is 0 Å². The van der Waals surface area contributed by atoms with Gasteiger partial charge in [-0.2, -0.15) is 5.10 Å². The van der Waals surface area contributed by atoms with Crippen molar-refractivity contribution in [3.05, 3.63) is 36.3 Å². The fraction of sp³-hybridized carbons (Fsp3) is 0.435. The molecule has 0 saturated heterocycles. The summed E-state index contributed by atoms with van der Waals surface area (Å²) in [4.78, 5) is 33.0. The molecule has 0 aliphatic carbocycles. The van der Waals surface area contributed by atoms with E-state index in [0.29, 0.717) is 22.6 Å². The predicted octanol–water partition coefficient (Wildman–Crippen LogP) is 4.21. The zero-order chi connectivity index (χ0) is 23.0. The minimum absolute atomic E-state index is 0.0810. The highest BCUT2D eigenvalue weighted by molar-refractivity contribution is 6.06. The third kappa shape index (κ3) is 5.65. The molecule has 3 rings (SSSR count). The van der Waals surface area contributed by atoms with Crippen LogP contribution in [-0.2, 0) is 16.1 Å². The molecule has 3 aromatic rings. The summed E-state index contributed by atoms with van der Waals surface area (Å²) in [7, 11) is 0. The van der Waals surface area contributed by atoms with Gasteiger partial charge in [0.1, 0.15) is 23.4 Å². The molecule has 164 valence electrons. The minimum Gasteiger partial charge on any atom is -0.459 e. The highest BCUT2D eigenvalue weighted by Crippen LogP contribution is 2.27. The Bertz CT molecular complexity index is 1120. The smallest absolute Gasteiger partial charge is 0.328 e. The highest BCUT2D eigenvalue weighted by atomic mass is 16.6. The molecule has 0 unspecified atom stereocenters. The maximum absolute atomic E-state index is 12.3. The van der Waals surface area contributed by atoms with Crippen LogP contribution in [0.4, 0.5) is 0 Å². The van der Waals surface area contributed by atoms with Gasteiger partial charge in [0.15, 0.2) is 5.78 Å². The Labute approximate surface area is 181 Å². The fourth-order valence-electron chi connectivity index (χ4n) is 3.03. The van der Waals surface area contributed by atoms with E-state index in [1.807, 2.05) is 39.0 Å². The molecule has 0 spiro atoms. The molecule has 1 aromatic carbocycles. The van der Waals surface area contributed by atoms with E-state index in [0.717, 1.165) is 11.1 Å². The summed E-state index contributed by atoms with van der Waals surface area (Å²) in [6.45, 7) is 12.6. The zero-order valence-electron chi connectivity index (χ0n) is 19.0. The number of carbonyl (C=O) groups excluding carboxylic acids is 2. The second-order valence-corrected chi connectivity index (χ2v) is 9.35. The molecule has 0 radical (unpaired) electrons. The lowest BCUT2D eigenvalue weighted by Crippen LogP contribution is -2.26. The lowest BCUT2D eigenvalue weighted by Gasteiger charge is -2.19. The van der Waals surface area contributed by atoms with E-state index in [1.165, 1.54) is 11.6 Å². The average molecular weight is 425 g/mol. The number of nitrogens with zero attached hydrogens (tertiary/aromatic N) is 4. The number of aromatic nitrogens is 4. The monoisotopic (exact) mass is 424 g/mol. The molecule has 0 amide bonds. The number of hydrogen-bond donors (Lipinski definition) is 0. The number of ketones is 1. The van der Waals surface area contributed by atoms with E-state index in [2.05, 4.69) is 15.1 Å². The first-order valence-corrected chi connectivity index (χ1v) is 10.1. The Morgan fingerprint density at radius 1 is 0.968 bits per heavy atom. The van der Waals surface area contributed by atoms with Gasteiger partial charge < -0.3 is 9.47 Å². The van der Waals surface area contributed by atoms with Crippen molar-refractivity contribution in [2.45, 2.75) is 66.2 Å². The standard InChI is InChI=1S/C23H28N4O4/c1-14(28)20-17-10-15(16-11-24-21(25-12-16)31-23(5,6)7)8-9-18(17)27(26-20)13-19(29)30-22(2,3)4/h8-12H,13H2,1-7H3. The van der Waals surface area contributed by atoms with Gasteiger partial charge in [0.2, 0.25) is 0 Å². The first kappa shape index (κ1) is 22.4. The van der Waals surface area contributed by atoms with Crippen molar-refractivity contribution in [1.29, 1.82) is 0 Å². The number of ether oxygens (including phenoxy) is 2. The third-order valence-corrected chi connectivity index (χ3v) is 4.14. The molecule has 0 atom stereocenters. The van der Waals surface area contributed by atoms with E-state index in [1.54, 1.807) is 33.2 Å². The van der Waals surface area contributed by atoms with Gasteiger partial charge in [-0.1, -0.05) is 6.07 Å². The van der Waals surface area contributed by atoms with Crippen molar-refractivity contribution in [3.63, 3.8) is 0 Å². The lowest BCUT2D eigenvalue weighted by atomic mass is 10.0. The Morgan fingerprint density at radius 2 is 1.61 bits per heavy atom. The van der Waals surface area contributed by atoms with E-state index in [-0.39, 0.29) is 17.9 Å². The Balaban J connectivity index is 1.95. The third-order valence-electron chi connectivity index (χ3n) is 4.14. The normalized spacial score (nSPS) is 12.1. The van der Waals surface area contributed by atoms with Crippen LogP contribution >= 0.6 is 0 Å². The lowest BCUT2D eigenvalue weighted by molar-refractivity contribution is -0.155. The molecule has 0 saturated carbocycles. The maximum atomic E-state index is 12.3. The largest absolute Gasteiger partial charge is 0.459 e. The number of Topliss-reactive ketones (excluding diaryl/α,β-unsaturated/α-hetero) is 1. The molecule has 0 bridgehead atoms. The molecule has 2 aromatic heterocycles. The number of esters is 1. The highest BCUT2D eigenvalue weighted by Gasteiger charge is 2.21. The van der Waals surface area contributed by atoms with E-state index in [9.17, 15) is 9.59 Å². The van der Waals surface area contributed by atoms with Gasteiger partial charge in [0.25, 0.3) is 0 Å².